The average molecular weight is 203 g/mol. The number of rotatable bonds is 1. The van der Waals surface area contributed by atoms with Crippen LogP contribution >= 0.6 is 0 Å². The fourth-order valence-corrected chi connectivity index (χ4v) is 2.09. The molecular formula is C12H13NO2. The smallest absolute Gasteiger partial charge is 0.131 e. The molecule has 1 aromatic heterocycles. The molecule has 1 aliphatic rings. The van der Waals surface area contributed by atoms with Crippen LogP contribution in [-0.2, 0) is 5.60 Å². The molecule has 0 amide bonds. The van der Waals surface area contributed by atoms with Gasteiger partial charge in [0.05, 0.1) is 5.60 Å². The second-order valence-electron chi connectivity index (χ2n) is 4.41. The Balaban J connectivity index is 2.29. The van der Waals surface area contributed by atoms with Crippen LogP contribution in [0.2, 0.25) is 0 Å². The number of aryl methyl sites for hydroxylation is 1. The first kappa shape index (κ1) is 8.80. The van der Waals surface area contributed by atoms with Gasteiger partial charge in [0.1, 0.15) is 5.75 Å². The first-order chi connectivity index (χ1) is 7.10. The van der Waals surface area contributed by atoms with Gasteiger partial charge in [-0.2, -0.15) is 0 Å². The van der Waals surface area contributed by atoms with Crippen molar-refractivity contribution in [1.82, 2.24) is 4.98 Å². The van der Waals surface area contributed by atoms with E-state index in [9.17, 15) is 10.2 Å². The summed E-state index contributed by atoms with van der Waals surface area (Å²) in [7, 11) is 0. The summed E-state index contributed by atoms with van der Waals surface area (Å²) in [6, 6.07) is 5.62. The van der Waals surface area contributed by atoms with Gasteiger partial charge in [0.25, 0.3) is 0 Å². The largest absolute Gasteiger partial charge is 0.507 e. The Labute approximate surface area is 87.4 Å². The van der Waals surface area contributed by atoms with Gasteiger partial charge in [0, 0.05) is 22.2 Å². The van der Waals surface area contributed by atoms with Gasteiger partial charge in [-0.25, -0.2) is 0 Å². The summed E-state index contributed by atoms with van der Waals surface area (Å²) in [5.41, 5.74) is 1.82. The molecule has 3 N–H and O–H groups in total. The summed E-state index contributed by atoms with van der Waals surface area (Å²) < 4.78 is 0. The molecule has 3 heteroatoms. The number of aromatic hydroxyl groups is 1. The molecule has 0 atom stereocenters. The monoisotopic (exact) mass is 203 g/mol. The highest BCUT2D eigenvalue weighted by Crippen LogP contribution is 2.50. The molecule has 0 radical (unpaired) electrons. The van der Waals surface area contributed by atoms with E-state index in [1.807, 2.05) is 19.1 Å². The molecule has 1 aliphatic carbocycles. The van der Waals surface area contributed by atoms with E-state index in [2.05, 4.69) is 4.98 Å². The number of hydrogen-bond acceptors (Lipinski definition) is 2. The van der Waals surface area contributed by atoms with Gasteiger partial charge in [0.15, 0.2) is 0 Å². The molecule has 1 fully saturated rings. The zero-order valence-corrected chi connectivity index (χ0v) is 8.54. The van der Waals surface area contributed by atoms with Gasteiger partial charge in [-0.15, -0.1) is 0 Å². The van der Waals surface area contributed by atoms with Crippen LogP contribution in [-0.4, -0.2) is 15.2 Å². The lowest BCUT2D eigenvalue weighted by atomic mass is 10.0. The number of phenolic OH excluding ortho intramolecular Hbond substituents is 1. The van der Waals surface area contributed by atoms with E-state index in [-0.39, 0.29) is 5.75 Å². The minimum atomic E-state index is -0.774. The highest BCUT2D eigenvalue weighted by molar-refractivity contribution is 5.88. The first-order valence-electron chi connectivity index (χ1n) is 5.14. The maximum absolute atomic E-state index is 10.1. The third-order valence-electron chi connectivity index (χ3n) is 3.13. The topological polar surface area (TPSA) is 56.2 Å². The number of H-pyrrole nitrogens is 1. The fraction of sp³-hybridized carbons (Fsp3) is 0.333. The Hall–Kier alpha value is -1.48. The van der Waals surface area contributed by atoms with Gasteiger partial charge in [-0.05, 0) is 31.9 Å². The normalized spacial score (nSPS) is 18.3. The number of aliphatic hydroxyl groups is 1. The fourth-order valence-electron chi connectivity index (χ4n) is 2.09. The number of hydrogen-bond donors (Lipinski definition) is 3. The highest BCUT2D eigenvalue weighted by atomic mass is 16.3. The standard InChI is InChI=1S/C12H13NO2/c1-7-6-8-10(13-7)3-2-9(11(8)14)12(15)4-5-12/h2-3,6,13-15H,4-5H2,1H3. The first-order valence-corrected chi connectivity index (χ1v) is 5.14. The van der Waals surface area contributed by atoms with Crippen molar-refractivity contribution in [3.63, 3.8) is 0 Å². The summed E-state index contributed by atoms with van der Waals surface area (Å²) in [5, 5.41) is 20.8. The molecule has 0 saturated heterocycles. The third kappa shape index (κ3) is 1.16. The highest BCUT2D eigenvalue weighted by Gasteiger charge is 2.44. The van der Waals surface area contributed by atoms with E-state index in [0.29, 0.717) is 5.56 Å². The van der Waals surface area contributed by atoms with Crippen molar-refractivity contribution in [2.45, 2.75) is 25.4 Å². The van der Waals surface area contributed by atoms with Crippen LogP contribution in [0.4, 0.5) is 0 Å². The molecule has 2 aromatic rings. The second kappa shape index (κ2) is 2.55. The van der Waals surface area contributed by atoms with Crippen molar-refractivity contribution in [3.8, 4) is 5.75 Å². The molecule has 3 rings (SSSR count). The van der Waals surface area contributed by atoms with E-state index >= 15 is 0 Å². The summed E-state index contributed by atoms with van der Waals surface area (Å²) in [5.74, 6) is 0.219. The number of fused-ring (bicyclic) bond motifs is 1. The second-order valence-corrected chi connectivity index (χ2v) is 4.41. The number of phenols is 1. The molecule has 1 aromatic carbocycles. The van der Waals surface area contributed by atoms with Crippen molar-refractivity contribution >= 4 is 10.9 Å². The quantitative estimate of drug-likeness (QED) is 0.665. The summed E-state index contributed by atoms with van der Waals surface area (Å²) in [4.78, 5) is 3.16. The lowest BCUT2D eigenvalue weighted by Gasteiger charge is -2.10. The SMILES string of the molecule is Cc1cc2c(O)c(C3(O)CC3)ccc2[nH]1. The predicted molar refractivity (Wildman–Crippen MR) is 57.8 cm³/mol. The molecule has 0 unspecified atom stereocenters. The lowest BCUT2D eigenvalue weighted by Crippen LogP contribution is -2.04. The number of aromatic nitrogens is 1. The number of nitrogens with one attached hydrogen (secondary N) is 1. The molecule has 0 aliphatic heterocycles. The Morgan fingerprint density at radius 1 is 1.33 bits per heavy atom. The van der Waals surface area contributed by atoms with E-state index in [1.54, 1.807) is 6.07 Å². The predicted octanol–water partition coefficient (Wildman–Crippen LogP) is 2.16. The molecule has 15 heavy (non-hydrogen) atoms. The molecule has 3 nitrogen and oxygen atoms in total. The van der Waals surface area contributed by atoms with Gasteiger partial charge < -0.3 is 15.2 Å². The Morgan fingerprint density at radius 2 is 2.07 bits per heavy atom. The van der Waals surface area contributed by atoms with Crippen molar-refractivity contribution in [3.05, 3.63) is 29.5 Å². The summed E-state index contributed by atoms with van der Waals surface area (Å²) >= 11 is 0. The van der Waals surface area contributed by atoms with Gasteiger partial charge in [-0.3, -0.25) is 0 Å². The van der Waals surface area contributed by atoms with E-state index < -0.39 is 5.60 Å². The van der Waals surface area contributed by atoms with Gasteiger partial charge in [-0.1, -0.05) is 6.07 Å². The Kier molecular flexibility index (Phi) is 1.50. The molecule has 0 bridgehead atoms. The minimum absolute atomic E-state index is 0.219. The lowest BCUT2D eigenvalue weighted by molar-refractivity contribution is 0.148. The van der Waals surface area contributed by atoms with Crippen LogP contribution in [0.15, 0.2) is 18.2 Å². The molecule has 0 spiro atoms. The van der Waals surface area contributed by atoms with Gasteiger partial charge in [0.2, 0.25) is 0 Å². The molecule has 78 valence electrons. The van der Waals surface area contributed by atoms with E-state index in [1.165, 1.54) is 0 Å². The molecule has 1 heterocycles. The average Bonchev–Trinajstić information content (AvgIpc) is 2.78. The molecule has 1 saturated carbocycles. The van der Waals surface area contributed by atoms with Crippen molar-refractivity contribution < 1.29 is 10.2 Å². The van der Waals surface area contributed by atoms with Crippen LogP contribution in [0.25, 0.3) is 10.9 Å². The maximum atomic E-state index is 10.1. The van der Waals surface area contributed by atoms with Crippen molar-refractivity contribution in [2.75, 3.05) is 0 Å². The minimum Gasteiger partial charge on any atom is -0.507 e. The van der Waals surface area contributed by atoms with Crippen molar-refractivity contribution in [2.24, 2.45) is 0 Å². The van der Waals surface area contributed by atoms with E-state index in [4.69, 9.17) is 0 Å². The Morgan fingerprint density at radius 3 is 2.73 bits per heavy atom. The maximum Gasteiger partial charge on any atom is 0.131 e. The van der Waals surface area contributed by atoms with Crippen molar-refractivity contribution in [1.29, 1.82) is 0 Å². The zero-order valence-electron chi connectivity index (χ0n) is 8.54. The van der Waals surface area contributed by atoms with Crippen LogP contribution < -0.4 is 0 Å². The zero-order chi connectivity index (χ0) is 10.6. The van der Waals surface area contributed by atoms with Crippen LogP contribution in [0.5, 0.6) is 5.75 Å². The summed E-state index contributed by atoms with van der Waals surface area (Å²) in [6.45, 7) is 1.95. The number of aromatic amines is 1. The third-order valence-corrected chi connectivity index (χ3v) is 3.13. The van der Waals surface area contributed by atoms with Crippen LogP contribution in [0, 0.1) is 6.92 Å². The number of benzene rings is 1. The summed E-state index contributed by atoms with van der Waals surface area (Å²) in [6.07, 6.45) is 1.49. The van der Waals surface area contributed by atoms with Crippen LogP contribution in [0.3, 0.4) is 0 Å². The molecular weight excluding hydrogens is 190 g/mol. The van der Waals surface area contributed by atoms with Gasteiger partial charge >= 0.3 is 0 Å². The Bertz CT molecular complexity index is 538. The van der Waals surface area contributed by atoms with E-state index in [0.717, 1.165) is 29.4 Å². The van der Waals surface area contributed by atoms with Crippen LogP contribution in [0.1, 0.15) is 24.1 Å².